The molecule has 1 saturated carbocycles. The first kappa shape index (κ1) is 12.3. The second kappa shape index (κ2) is 3.40. The molecule has 2 aliphatic rings. The molecule has 1 aromatic heterocycles. The zero-order valence-electron chi connectivity index (χ0n) is 8.71. The zero-order valence-corrected chi connectivity index (χ0v) is 10.9. The summed E-state index contributed by atoms with van der Waals surface area (Å²) in [5.41, 5.74) is -3.48. The number of halogens is 2. The topological polar surface area (TPSA) is 105 Å². The molecule has 1 aliphatic heterocycles. The standard InChI is InChI=1S/C9H8FIN2O5/c10-9-6(11)8(9,17)4(15)5(18-9)13-2-1-3(14)12-7(13)16/h1-2,4-6,15,17H,(H,12,14,16)/t4-,5+,6?,8+,9+/m0/s1. The lowest BCUT2D eigenvalue weighted by Crippen LogP contribution is -2.41. The van der Waals surface area contributed by atoms with Gasteiger partial charge in [0, 0.05) is 12.3 Å². The monoisotopic (exact) mass is 370 g/mol. The van der Waals surface area contributed by atoms with Gasteiger partial charge in [-0.15, -0.1) is 0 Å². The number of H-pyrrole nitrogens is 1. The van der Waals surface area contributed by atoms with Crippen molar-refractivity contribution in [3.63, 3.8) is 0 Å². The fourth-order valence-corrected chi connectivity index (χ4v) is 3.44. The molecule has 3 rings (SSSR count). The van der Waals surface area contributed by atoms with Crippen LogP contribution in [0.15, 0.2) is 21.9 Å². The van der Waals surface area contributed by atoms with E-state index in [2.05, 4.69) is 0 Å². The summed E-state index contributed by atoms with van der Waals surface area (Å²) in [7, 11) is 0. The van der Waals surface area contributed by atoms with Gasteiger partial charge < -0.3 is 14.9 Å². The largest absolute Gasteiger partial charge is 0.385 e. The van der Waals surface area contributed by atoms with E-state index >= 15 is 0 Å². The zero-order chi connectivity index (χ0) is 13.3. The number of aromatic nitrogens is 2. The summed E-state index contributed by atoms with van der Waals surface area (Å²) < 4.78 is 18.9. The fraction of sp³-hybridized carbons (Fsp3) is 0.556. The maximum Gasteiger partial charge on any atom is 0.330 e. The van der Waals surface area contributed by atoms with Gasteiger partial charge in [0.15, 0.2) is 11.8 Å². The Morgan fingerprint density at radius 2 is 2.22 bits per heavy atom. The van der Waals surface area contributed by atoms with Crippen LogP contribution in [0.1, 0.15) is 6.23 Å². The summed E-state index contributed by atoms with van der Waals surface area (Å²) in [6.45, 7) is 0. The molecule has 0 radical (unpaired) electrons. The Balaban J connectivity index is 2.02. The number of nitrogens with one attached hydrogen (secondary N) is 1. The number of ether oxygens (including phenoxy) is 1. The molecule has 1 saturated heterocycles. The van der Waals surface area contributed by atoms with E-state index in [1.807, 2.05) is 4.98 Å². The van der Waals surface area contributed by atoms with Crippen molar-refractivity contribution in [2.75, 3.05) is 0 Å². The fourth-order valence-electron chi connectivity index (χ4n) is 2.18. The maximum atomic E-state index is 14.0. The number of aliphatic hydroxyl groups is 2. The Hall–Kier alpha value is -0.780. The van der Waals surface area contributed by atoms with Crippen LogP contribution in [0, 0.1) is 0 Å². The van der Waals surface area contributed by atoms with Gasteiger partial charge in [0.1, 0.15) is 10.0 Å². The maximum absolute atomic E-state index is 14.0. The third-order valence-electron chi connectivity index (χ3n) is 3.31. The van der Waals surface area contributed by atoms with E-state index in [1.54, 1.807) is 22.6 Å². The number of nitrogens with zero attached hydrogens (tertiary/aromatic N) is 1. The van der Waals surface area contributed by atoms with Gasteiger partial charge >= 0.3 is 5.69 Å². The Bertz CT molecular complexity index is 632. The van der Waals surface area contributed by atoms with Crippen LogP contribution in [0.5, 0.6) is 0 Å². The van der Waals surface area contributed by atoms with Gasteiger partial charge in [0.05, 0.1) is 0 Å². The van der Waals surface area contributed by atoms with E-state index in [0.29, 0.717) is 0 Å². The second-order valence-corrected chi connectivity index (χ2v) is 5.55. The Morgan fingerprint density at radius 1 is 1.56 bits per heavy atom. The molecule has 0 bridgehead atoms. The summed E-state index contributed by atoms with van der Waals surface area (Å²) in [5, 5.41) is 19.8. The number of fused-ring (bicyclic) bond motifs is 1. The highest BCUT2D eigenvalue weighted by Gasteiger charge is 2.88. The van der Waals surface area contributed by atoms with Crippen LogP contribution in [0.25, 0.3) is 0 Å². The second-order valence-electron chi connectivity index (χ2n) is 4.30. The van der Waals surface area contributed by atoms with Gasteiger partial charge in [-0.3, -0.25) is 14.3 Å². The molecule has 2 heterocycles. The van der Waals surface area contributed by atoms with Crippen LogP contribution in [0.4, 0.5) is 4.39 Å². The van der Waals surface area contributed by atoms with E-state index in [0.717, 1.165) is 16.8 Å². The van der Waals surface area contributed by atoms with Crippen molar-refractivity contribution < 1.29 is 19.3 Å². The molecule has 0 spiro atoms. The predicted octanol–water partition coefficient (Wildman–Crippen LogP) is -1.36. The number of alkyl halides is 2. The van der Waals surface area contributed by atoms with Gasteiger partial charge in [-0.05, 0) is 0 Å². The first-order valence-electron chi connectivity index (χ1n) is 5.05. The van der Waals surface area contributed by atoms with Crippen LogP contribution < -0.4 is 11.2 Å². The Labute approximate surface area is 112 Å². The van der Waals surface area contributed by atoms with Gasteiger partial charge in [0.25, 0.3) is 11.4 Å². The van der Waals surface area contributed by atoms with Gasteiger partial charge in [-0.25, -0.2) is 9.18 Å². The molecule has 1 aliphatic carbocycles. The first-order valence-corrected chi connectivity index (χ1v) is 6.29. The van der Waals surface area contributed by atoms with E-state index < -0.39 is 39.0 Å². The van der Waals surface area contributed by atoms with Gasteiger partial charge in [0.2, 0.25) is 0 Å². The lowest BCUT2D eigenvalue weighted by Gasteiger charge is -2.21. The third kappa shape index (κ3) is 1.22. The number of aliphatic hydroxyl groups excluding tert-OH is 1. The van der Waals surface area contributed by atoms with Crippen molar-refractivity contribution in [1.82, 2.24) is 9.55 Å². The predicted molar refractivity (Wildman–Crippen MR) is 64.0 cm³/mol. The minimum Gasteiger partial charge on any atom is -0.385 e. The molecule has 0 amide bonds. The van der Waals surface area contributed by atoms with Crippen molar-refractivity contribution in [3.05, 3.63) is 33.1 Å². The van der Waals surface area contributed by atoms with E-state index in [-0.39, 0.29) is 0 Å². The summed E-state index contributed by atoms with van der Waals surface area (Å²) >= 11 is 1.63. The van der Waals surface area contributed by atoms with Crippen molar-refractivity contribution in [1.29, 1.82) is 0 Å². The molecular formula is C9H8FIN2O5. The van der Waals surface area contributed by atoms with Crippen LogP contribution >= 0.6 is 22.6 Å². The van der Waals surface area contributed by atoms with Crippen molar-refractivity contribution in [2.45, 2.75) is 27.7 Å². The molecule has 5 atom stereocenters. The molecule has 0 aromatic carbocycles. The van der Waals surface area contributed by atoms with Gasteiger partial charge in [-0.2, -0.15) is 0 Å². The smallest absolute Gasteiger partial charge is 0.330 e. The highest BCUT2D eigenvalue weighted by Crippen LogP contribution is 2.66. The molecule has 1 unspecified atom stereocenters. The minimum atomic E-state index is -2.37. The van der Waals surface area contributed by atoms with Crippen molar-refractivity contribution in [3.8, 4) is 0 Å². The highest BCUT2D eigenvalue weighted by molar-refractivity contribution is 14.1. The van der Waals surface area contributed by atoms with E-state index in [1.165, 1.54) is 0 Å². The first-order chi connectivity index (χ1) is 8.32. The molecule has 98 valence electrons. The molecule has 18 heavy (non-hydrogen) atoms. The van der Waals surface area contributed by atoms with Crippen molar-refractivity contribution in [2.24, 2.45) is 0 Å². The van der Waals surface area contributed by atoms with Crippen LogP contribution in [0.2, 0.25) is 0 Å². The highest BCUT2D eigenvalue weighted by atomic mass is 127. The van der Waals surface area contributed by atoms with Crippen molar-refractivity contribution >= 4 is 22.6 Å². The lowest BCUT2D eigenvalue weighted by molar-refractivity contribution is -0.125. The number of aromatic amines is 1. The average molecular weight is 370 g/mol. The molecule has 2 fully saturated rings. The number of rotatable bonds is 1. The van der Waals surface area contributed by atoms with Crippen LogP contribution in [-0.2, 0) is 4.74 Å². The molecule has 7 nitrogen and oxygen atoms in total. The summed E-state index contributed by atoms with van der Waals surface area (Å²) in [6, 6.07) is 1.04. The normalized spacial score (nSPS) is 45.9. The SMILES string of the molecule is O=c1ccn([C@@H]2O[C@]3(F)C(I)[C@]3(O)[C@H]2O)c(=O)[nH]1. The van der Waals surface area contributed by atoms with Crippen LogP contribution in [0.3, 0.4) is 0 Å². The quantitative estimate of drug-likeness (QED) is 0.419. The molecule has 9 heteroatoms. The molecule has 1 aromatic rings. The Kier molecular flexibility index (Phi) is 2.32. The number of hydrogen-bond donors (Lipinski definition) is 3. The average Bonchev–Trinajstić information content (AvgIpc) is 2.62. The van der Waals surface area contributed by atoms with Crippen LogP contribution in [-0.4, -0.2) is 41.2 Å². The van der Waals surface area contributed by atoms with Gasteiger partial charge in [-0.1, -0.05) is 22.6 Å². The number of hydrogen-bond acceptors (Lipinski definition) is 5. The Morgan fingerprint density at radius 3 is 2.72 bits per heavy atom. The summed E-state index contributed by atoms with van der Waals surface area (Å²) in [6.07, 6.45) is -1.88. The molecule has 3 N–H and O–H groups in total. The minimum absolute atomic E-state index is 0.616. The molecular weight excluding hydrogens is 362 g/mol. The summed E-state index contributed by atoms with van der Waals surface area (Å²) in [4.78, 5) is 24.3. The van der Waals surface area contributed by atoms with E-state index in [9.17, 15) is 24.2 Å². The third-order valence-corrected chi connectivity index (χ3v) is 5.06. The lowest BCUT2D eigenvalue weighted by atomic mass is 10.1. The van der Waals surface area contributed by atoms with E-state index in [4.69, 9.17) is 4.74 Å². The summed E-state index contributed by atoms with van der Waals surface area (Å²) in [5.74, 6) is -2.37.